The van der Waals surface area contributed by atoms with Crippen molar-refractivity contribution < 1.29 is 9.18 Å². The van der Waals surface area contributed by atoms with E-state index in [-0.39, 0.29) is 17.8 Å². The number of halogens is 1. The largest absolute Gasteiger partial charge is 0.352 e. The van der Waals surface area contributed by atoms with Crippen molar-refractivity contribution >= 4 is 5.91 Å². The molecule has 1 aromatic rings. The van der Waals surface area contributed by atoms with Gasteiger partial charge < -0.3 is 5.32 Å². The fourth-order valence-electron chi connectivity index (χ4n) is 2.23. The van der Waals surface area contributed by atoms with Gasteiger partial charge in [0.05, 0.1) is 6.54 Å². The van der Waals surface area contributed by atoms with Gasteiger partial charge in [-0.05, 0) is 43.4 Å². The van der Waals surface area contributed by atoms with Gasteiger partial charge in [-0.3, -0.25) is 9.69 Å². The van der Waals surface area contributed by atoms with Gasteiger partial charge in [0.2, 0.25) is 5.91 Å². The molecular weight excluding hydrogens is 267 g/mol. The maximum Gasteiger partial charge on any atom is 0.234 e. The van der Waals surface area contributed by atoms with Crippen LogP contribution in [-0.2, 0) is 11.3 Å². The summed E-state index contributed by atoms with van der Waals surface area (Å²) in [6.07, 6.45) is 2.29. The van der Waals surface area contributed by atoms with Gasteiger partial charge in [0.1, 0.15) is 5.82 Å². The Morgan fingerprint density at radius 2 is 1.90 bits per heavy atom. The zero-order chi connectivity index (χ0) is 15.4. The van der Waals surface area contributed by atoms with E-state index in [0.717, 1.165) is 18.4 Å². The number of hydrogen-bond donors (Lipinski definition) is 1. The molecule has 0 saturated heterocycles. The summed E-state index contributed by atoms with van der Waals surface area (Å²) in [6, 6.07) is 7.21. The number of benzene rings is 1. The summed E-state index contributed by atoms with van der Waals surface area (Å²) in [5.41, 5.74) is 1.05. The minimum atomic E-state index is -0.222. The van der Waals surface area contributed by atoms with E-state index in [9.17, 15) is 9.18 Å². The number of hydrogen-bond acceptors (Lipinski definition) is 2. The molecule has 1 atom stereocenters. The van der Waals surface area contributed by atoms with Gasteiger partial charge in [-0.15, -0.1) is 0 Å². The quantitative estimate of drug-likeness (QED) is 0.838. The van der Waals surface area contributed by atoms with E-state index in [1.165, 1.54) is 12.1 Å². The van der Waals surface area contributed by atoms with E-state index in [1.54, 1.807) is 12.1 Å². The third-order valence-corrected chi connectivity index (χ3v) is 4.10. The second-order valence-electron chi connectivity index (χ2n) is 6.36. The average molecular weight is 292 g/mol. The van der Waals surface area contributed by atoms with Crippen molar-refractivity contribution in [3.63, 3.8) is 0 Å². The topological polar surface area (TPSA) is 32.3 Å². The van der Waals surface area contributed by atoms with Crippen LogP contribution in [0.2, 0.25) is 0 Å². The lowest BCUT2D eigenvalue weighted by Crippen LogP contribution is -2.43. The van der Waals surface area contributed by atoms with Crippen molar-refractivity contribution in [1.29, 1.82) is 0 Å². The smallest absolute Gasteiger partial charge is 0.234 e. The Morgan fingerprint density at radius 1 is 1.29 bits per heavy atom. The zero-order valence-corrected chi connectivity index (χ0v) is 13.1. The van der Waals surface area contributed by atoms with Crippen LogP contribution < -0.4 is 5.32 Å². The van der Waals surface area contributed by atoms with Gasteiger partial charge in [0.15, 0.2) is 0 Å². The Morgan fingerprint density at radius 3 is 2.43 bits per heavy atom. The van der Waals surface area contributed by atoms with Crippen molar-refractivity contribution in [1.82, 2.24) is 10.2 Å². The second kappa shape index (κ2) is 7.03. The van der Waals surface area contributed by atoms with Crippen molar-refractivity contribution in [3.8, 4) is 0 Å². The lowest BCUT2D eigenvalue weighted by atomic mass is 10.1. The number of rotatable bonds is 7. The molecule has 1 aliphatic rings. The predicted octanol–water partition coefficient (Wildman–Crippen LogP) is 2.95. The fourth-order valence-corrected chi connectivity index (χ4v) is 2.23. The lowest BCUT2D eigenvalue weighted by molar-refractivity contribution is -0.123. The summed E-state index contributed by atoms with van der Waals surface area (Å²) in [6.45, 7) is 7.35. The molecule has 1 aliphatic carbocycles. The van der Waals surface area contributed by atoms with Crippen LogP contribution in [-0.4, -0.2) is 29.4 Å². The van der Waals surface area contributed by atoms with E-state index in [0.29, 0.717) is 25.0 Å². The number of nitrogens with zero attached hydrogens (tertiary/aromatic N) is 1. The van der Waals surface area contributed by atoms with Crippen LogP contribution in [0.1, 0.15) is 39.2 Å². The Kier molecular flexibility index (Phi) is 5.34. The normalized spacial score (nSPS) is 16.3. The van der Waals surface area contributed by atoms with Crippen molar-refractivity contribution in [2.75, 3.05) is 6.54 Å². The van der Waals surface area contributed by atoms with Crippen LogP contribution in [0.25, 0.3) is 0 Å². The first kappa shape index (κ1) is 16.0. The summed E-state index contributed by atoms with van der Waals surface area (Å²) >= 11 is 0. The molecule has 4 heteroatoms. The zero-order valence-electron chi connectivity index (χ0n) is 13.1. The minimum absolute atomic E-state index is 0.0743. The first-order chi connectivity index (χ1) is 9.95. The van der Waals surface area contributed by atoms with Gasteiger partial charge in [-0.2, -0.15) is 0 Å². The number of amides is 1. The molecule has 3 nitrogen and oxygen atoms in total. The summed E-state index contributed by atoms with van der Waals surface area (Å²) in [5.74, 6) is 0.283. The van der Waals surface area contributed by atoms with Gasteiger partial charge >= 0.3 is 0 Å². The third kappa shape index (κ3) is 5.12. The molecule has 1 unspecified atom stereocenters. The molecule has 2 rings (SSSR count). The first-order valence-corrected chi connectivity index (χ1v) is 7.73. The van der Waals surface area contributed by atoms with Crippen LogP contribution in [0.15, 0.2) is 24.3 Å². The number of nitrogens with one attached hydrogen (secondary N) is 1. The van der Waals surface area contributed by atoms with E-state index in [1.807, 2.05) is 6.92 Å². The fraction of sp³-hybridized carbons (Fsp3) is 0.588. The van der Waals surface area contributed by atoms with Crippen LogP contribution >= 0.6 is 0 Å². The highest BCUT2D eigenvalue weighted by molar-refractivity contribution is 5.78. The molecule has 0 aromatic heterocycles. The highest BCUT2D eigenvalue weighted by atomic mass is 19.1. The van der Waals surface area contributed by atoms with E-state index < -0.39 is 0 Å². The number of carbonyl (C=O) groups excluding carboxylic acids is 1. The Labute approximate surface area is 126 Å². The molecule has 1 aromatic carbocycles. The summed E-state index contributed by atoms with van der Waals surface area (Å²) in [5, 5.41) is 3.05. The summed E-state index contributed by atoms with van der Waals surface area (Å²) in [7, 11) is 0. The molecule has 0 bridgehead atoms. The standard InChI is InChI=1S/C17H25FN2O/c1-12(2)13(3)19-17(21)11-20(16-8-9-16)10-14-4-6-15(18)7-5-14/h4-7,12-13,16H,8-11H2,1-3H3,(H,19,21). The molecular formula is C17H25FN2O. The Balaban J connectivity index is 1.90. The van der Waals surface area contributed by atoms with Gasteiger partial charge in [-0.1, -0.05) is 26.0 Å². The molecule has 1 saturated carbocycles. The SMILES string of the molecule is CC(C)C(C)NC(=O)CN(Cc1ccc(F)cc1)C1CC1. The van der Waals surface area contributed by atoms with E-state index >= 15 is 0 Å². The van der Waals surface area contributed by atoms with Gasteiger partial charge in [0.25, 0.3) is 0 Å². The number of carbonyl (C=O) groups is 1. The predicted molar refractivity (Wildman–Crippen MR) is 82.3 cm³/mol. The molecule has 0 radical (unpaired) electrons. The van der Waals surface area contributed by atoms with Crippen LogP contribution in [0.4, 0.5) is 4.39 Å². The van der Waals surface area contributed by atoms with Crippen LogP contribution in [0.3, 0.4) is 0 Å². The molecule has 1 fully saturated rings. The van der Waals surface area contributed by atoms with Crippen molar-refractivity contribution in [2.24, 2.45) is 5.92 Å². The molecule has 0 aliphatic heterocycles. The maximum atomic E-state index is 12.9. The van der Waals surface area contributed by atoms with Gasteiger partial charge in [-0.25, -0.2) is 4.39 Å². The highest BCUT2D eigenvalue weighted by Crippen LogP contribution is 2.28. The maximum absolute atomic E-state index is 12.9. The van der Waals surface area contributed by atoms with E-state index in [2.05, 4.69) is 24.1 Å². The minimum Gasteiger partial charge on any atom is -0.352 e. The Hall–Kier alpha value is -1.42. The summed E-state index contributed by atoms with van der Waals surface area (Å²) < 4.78 is 12.9. The lowest BCUT2D eigenvalue weighted by Gasteiger charge is -2.24. The summed E-state index contributed by atoms with van der Waals surface area (Å²) in [4.78, 5) is 14.3. The van der Waals surface area contributed by atoms with Crippen molar-refractivity contribution in [2.45, 2.75) is 52.2 Å². The van der Waals surface area contributed by atoms with Crippen LogP contribution in [0, 0.1) is 11.7 Å². The average Bonchev–Trinajstić information content (AvgIpc) is 3.24. The molecule has 1 N–H and O–H groups in total. The Bertz CT molecular complexity index is 468. The van der Waals surface area contributed by atoms with E-state index in [4.69, 9.17) is 0 Å². The molecule has 116 valence electrons. The molecule has 21 heavy (non-hydrogen) atoms. The molecule has 0 heterocycles. The third-order valence-electron chi connectivity index (χ3n) is 4.10. The highest BCUT2D eigenvalue weighted by Gasteiger charge is 2.30. The van der Waals surface area contributed by atoms with Crippen LogP contribution in [0.5, 0.6) is 0 Å². The monoisotopic (exact) mass is 292 g/mol. The van der Waals surface area contributed by atoms with Gasteiger partial charge in [0, 0.05) is 18.6 Å². The molecule has 1 amide bonds. The van der Waals surface area contributed by atoms with Crippen molar-refractivity contribution in [3.05, 3.63) is 35.6 Å². The molecule has 0 spiro atoms. The second-order valence-corrected chi connectivity index (χ2v) is 6.36. The first-order valence-electron chi connectivity index (χ1n) is 7.73.